The molecule has 7 heteroatoms. The lowest BCUT2D eigenvalue weighted by molar-refractivity contribution is 0.0501. The lowest BCUT2D eigenvalue weighted by Gasteiger charge is -2.25. The molecule has 1 aromatic carbocycles. The average Bonchev–Trinajstić information content (AvgIpc) is 3.28. The highest BCUT2D eigenvalue weighted by atomic mass is 32.1. The van der Waals surface area contributed by atoms with Crippen LogP contribution in [0.25, 0.3) is 0 Å². The Hall–Kier alpha value is -1.96. The minimum absolute atomic E-state index is 0.0342. The zero-order valence-electron chi connectivity index (χ0n) is 14.2. The van der Waals surface area contributed by atoms with E-state index in [1.165, 1.54) is 11.3 Å². The Kier molecular flexibility index (Phi) is 6.01. The molecule has 1 aromatic heterocycles. The van der Waals surface area contributed by atoms with Crippen LogP contribution < -0.4 is 0 Å². The predicted octanol–water partition coefficient (Wildman–Crippen LogP) is 2.82. The number of ether oxygens (including phenoxy) is 2. The number of hydrogen-bond donors (Lipinski definition) is 1. The molecule has 1 atom stereocenters. The molecule has 1 aliphatic rings. The molecule has 0 bridgehead atoms. The Morgan fingerprint density at radius 3 is 3.04 bits per heavy atom. The van der Waals surface area contributed by atoms with Crippen LogP contribution >= 0.6 is 11.3 Å². The molecule has 6 nitrogen and oxygen atoms in total. The van der Waals surface area contributed by atoms with Crippen molar-refractivity contribution < 1.29 is 19.4 Å². The number of benzene rings is 1. The molecule has 0 spiro atoms. The summed E-state index contributed by atoms with van der Waals surface area (Å²) in [6.45, 7) is 1.94. The summed E-state index contributed by atoms with van der Waals surface area (Å²) in [6.07, 6.45) is 1.99. The number of carbonyl (C=O) groups is 1. The van der Waals surface area contributed by atoms with Gasteiger partial charge in [-0.25, -0.2) is 4.98 Å². The minimum atomic E-state index is -0.155. The summed E-state index contributed by atoms with van der Waals surface area (Å²) in [7, 11) is 1.60. The number of hydrogen-bond acceptors (Lipinski definition) is 6. The van der Waals surface area contributed by atoms with Gasteiger partial charge in [-0.1, -0.05) is 18.2 Å². The van der Waals surface area contributed by atoms with Gasteiger partial charge >= 0.3 is 0 Å². The first-order valence-corrected chi connectivity index (χ1v) is 9.16. The third-order valence-corrected chi connectivity index (χ3v) is 4.95. The highest BCUT2D eigenvalue weighted by Gasteiger charge is 2.25. The Morgan fingerprint density at radius 2 is 2.32 bits per heavy atom. The first-order chi connectivity index (χ1) is 12.2. The van der Waals surface area contributed by atoms with E-state index in [2.05, 4.69) is 4.98 Å². The highest BCUT2D eigenvalue weighted by molar-refractivity contribution is 7.09. The van der Waals surface area contributed by atoms with E-state index >= 15 is 0 Å². The smallest absolute Gasteiger partial charge is 0.273 e. The van der Waals surface area contributed by atoms with Crippen molar-refractivity contribution in [3.8, 4) is 5.75 Å². The lowest BCUT2D eigenvalue weighted by Crippen LogP contribution is -2.37. The van der Waals surface area contributed by atoms with Gasteiger partial charge in [0.2, 0.25) is 0 Å². The van der Waals surface area contributed by atoms with Crippen molar-refractivity contribution in [3.05, 3.63) is 45.9 Å². The summed E-state index contributed by atoms with van der Waals surface area (Å²) in [5, 5.41) is 12.6. The van der Waals surface area contributed by atoms with Crippen molar-refractivity contribution in [2.24, 2.45) is 0 Å². The topological polar surface area (TPSA) is 71.9 Å². The monoisotopic (exact) mass is 362 g/mol. The van der Waals surface area contributed by atoms with E-state index < -0.39 is 0 Å². The number of para-hydroxylation sites is 1. The molecule has 2 heterocycles. The SMILES string of the molecule is COCc1nc(C(=O)N(Cc2ccccc2O)CC2CCCO2)cs1. The normalized spacial score (nSPS) is 16.9. The summed E-state index contributed by atoms with van der Waals surface area (Å²) in [5.74, 6) is 0.0309. The molecule has 1 aliphatic heterocycles. The van der Waals surface area contributed by atoms with Crippen molar-refractivity contribution in [1.82, 2.24) is 9.88 Å². The number of rotatable bonds is 7. The van der Waals surface area contributed by atoms with Crippen LogP contribution in [0.1, 0.15) is 33.9 Å². The van der Waals surface area contributed by atoms with Crippen LogP contribution in [-0.4, -0.2) is 47.3 Å². The molecular weight excluding hydrogens is 340 g/mol. The number of carbonyl (C=O) groups excluding carboxylic acids is 1. The predicted molar refractivity (Wildman–Crippen MR) is 94.6 cm³/mol. The fourth-order valence-corrected chi connectivity index (χ4v) is 3.60. The Bertz CT molecular complexity index is 713. The molecule has 0 radical (unpaired) electrons. The number of methoxy groups -OCH3 is 1. The van der Waals surface area contributed by atoms with Crippen LogP contribution in [0.15, 0.2) is 29.6 Å². The van der Waals surface area contributed by atoms with Crippen LogP contribution in [0.2, 0.25) is 0 Å². The molecule has 1 amide bonds. The van der Waals surface area contributed by atoms with Gasteiger partial charge in [0.1, 0.15) is 16.5 Å². The molecule has 3 rings (SSSR count). The second kappa shape index (κ2) is 8.42. The number of phenols is 1. The molecule has 2 aromatic rings. The standard InChI is InChI=1S/C18H22N2O4S/c1-23-11-17-19-15(12-25-17)18(22)20(10-14-6-4-8-24-14)9-13-5-2-3-7-16(13)21/h2-3,5,7,12,14,21H,4,6,8-11H2,1H3. The maximum absolute atomic E-state index is 13.0. The lowest BCUT2D eigenvalue weighted by atomic mass is 10.1. The van der Waals surface area contributed by atoms with Gasteiger partial charge in [0.15, 0.2) is 0 Å². The third-order valence-electron chi connectivity index (χ3n) is 4.13. The van der Waals surface area contributed by atoms with Gasteiger partial charge in [0.05, 0.1) is 12.7 Å². The Labute approximate surface area is 151 Å². The average molecular weight is 362 g/mol. The second-order valence-electron chi connectivity index (χ2n) is 6.01. The van der Waals surface area contributed by atoms with Gasteiger partial charge in [-0.2, -0.15) is 0 Å². The van der Waals surface area contributed by atoms with Gasteiger partial charge in [-0.15, -0.1) is 11.3 Å². The van der Waals surface area contributed by atoms with Crippen LogP contribution in [-0.2, 0) is 22.6 Å². The molecule has 1 N–H and O–H groups in total. The zero-order valence-corrected chi connectivity index (χ0v) is 15.0. The molecule has 25 heavy (non-hydrogen) atoms. The number of aromatic nitrogens is 1. The van der Waals surface area contributed by atoms with Crippen molar-refractivity contribution in [3.63, 3.8) is 0 Å². The van der Waals surface area contributed by atoms with Crippen LogP contribution in [0, 0.1) is 0 Å². The fraction of sp³-hybridized carbons (Fsp3) is 0.444. The van der Waals surface area contributed by atoms with E-state index in [4.69, 9.17) is 9.47 Å². The summed E-state index contributed by atoms with van der Waals surface area (Å²) < 4.78 is 10.8. The van der Waals surface area contributed by atoms with E-state index in [1.807, 2.05) is 12.1 Å². The number of phenolic OH excluding ortho intramolecular Hbond substituents is 1. The summed E-state index contributed by atoms with van der Waals surface area (Å²) in [5.41, 5.74) is 1.12. The number of nitrogens with zero attached hydrogens (tertiary/aromatic N) is 2. The first-order valence-electron chi connectivity index (χ1n) is 8.28. The van der Waals surface area contributed by atoms with Crippen molar-refractivity contribution in [2.75, 3.05) is 20.3 Å². The summed E-state index contributed by atoms with van der Waals surface area (Å²) >= 11 is 1.41. The van der Waals surface area contributed by atoms with Crippen molar-refractivity contribution in [1.29, 1.82) is 0 Å². The third kappa shape index (κ3) is 4.56. The van der Waals surface area contributed by atoms with E-state index in [0.717, 1.165) is 24.5 Å². The highest BCUT2D eigenvalue weighted by Crippen LogP contribution is 2.22. The molecule has 1 saturated heterocycles. The van der Waals surface area contributed by atoms with Crippen molar-refractivity contribution in [2.45, 2.75) is 32.1 Å². The van der Waals surface area contributed by atoms with Gasteiger partial charge in [0, 0.05) is 37.7 Å². The second-order valence-corrected chi connectivity index (χ2v) is 6.95. The fourth-order valence-electron chi connectivity index (χ4n) is 2.86. The van der Waals surface area contributed by atoms with Gasteiger partial charge in [0.25, 0.3) is 5.91 Å². The van der Waals surface area contributed by atoms with Crippen LogP contribution in [0.4, 0.5) is 0 Å². The maximum atomic E-state index is 13.0. The van der Waals surface area contributed by atoms with E-state index in [9.17, 15) is 9.90 Å². The molecule has 1 unspecified atom stereocenters. The Balaban J connectivity index is 1.78. The molecule has 0 saturated carbocycles. The van der Waals surface area contributed by atoms with Gasteiger partial charge < -0.3 is 19.5 Å². The van der Waals surface area contributed by atoms with E-state index in [0.29, 0.717) is 31.0 Å². The van der Waals surface area contributed by atoms with Gasteiger partial charge in [-0.05, 0) is 18.9 Å². The largest absolute Gasteiger partial charge is 0.508 e. The quantitative estimate of drug-likeness (QED) is 0.820. The first kappa shape index (κ1) is 17.8. The number of aromatic hydroxyl groups is 1. The maximum Gasteiger partial charge on any atom is 0.273 e. The summed E-state index contributed by atoms with van der Waals surface area (Å²) in [6, 6.07) is 7.07. The Morgan fingerprint density at radius 1 is 1.48 bits per heavy atom. The van der Waals surface area contributed by atoms with Crippen LogP contribution in [0.3, 0.4) is 0 Å². The van der Waals surface area contributed by atoms with E-state index in [1.54, 1.807) is 29.5 Å². The molecular formula is C18H22N2O4S. The molecule has 1 fully saturated rings. The molecule has 0 aliphatic carbocycles. The minimum Gasteiger partial charge on any atom is -0.508 e. The van der Waals surface area contributed by atoms with Crippen LogP contribution in [0.5, 0.6) is 5.75 Å². The van der Waals surface area contributed by atoms with E-state index in [-0.39, 0.29) is 17.8 Å². The molecule has 134 valence electrons. The summed E-state index contributed by atoms with van der Waals surface area (Å²) in [4.78, 5) is 19.0. The number of thiazole rings is 1. The van der Waals surface area contributed by atoms with Gasteiger partial charge in [-0.3, -0.25) is 4.79 Å². The zero-order chi connectivity index (χ0) is 17.6. The van der Waals surface area contributed by atoms with Crippen molar-refractivity contribution >= 4 is 17.2 Å². The number of amides is 1.